The van der Waals surface area contributed by atoms with E-state index < -0.39 is 47.9 Å². The molecular formula is C26H42N4O5S. The van der Waals surface area contributed by atoms with Gasteiger partial charge in [-0.15, -0.1) is 0 Å². The third kappa shape index (κ3) is 10.2. The van der Waals surface area contributed by atoms with Crippen LogP contribution in [0, 0.1) is 11.8 Å². The molecule has 1 rings (SSSR count). The lowest BCUT2D eigenvalue weighted by atomic mass is 9.95. The van der Waals surface area contributed by atoms with Crippen LogP contribution in [-0.4, -0.2) is 65.0 Å². The predicted octanol–water partition coefficient (Wildman–Crippen LogP) is 1.94. The van der Waals surface area contributed by atoms with E-state index >= 15 is 0 Å². The van der Waals surface area contributed by atoms with E-state index in [1.807, 2.05) is 57.4 Å². The summed E-state index contributed by atoms with van der Waals surface area (Å²) >= 11 is 1.58. The number of carbonyl (C=O) groups excluding carboxylic acids is 3. The molecule has 0 saturated carbocycles. The zero-order chi connectivity index (χ0) is 27.3. The van der Waals surface area contributed by atoms with E-state index in [1.54, 1.807) is 18.7 Å². The molecule has 10 heteroatoms. The van der Waals surface area contributed by atoms with E-state index in [0.29, 0.717) is 25.0 Å². The Morgan fingerprint density at radius 1 is 0.889 bits per heavy atom. The molecule has 1 aromatic carbocycles. The van der Waals surface area contributed by atoms with Gasteiger partial charge in [0, 0.05) is 6.42 Å². The van der Waals surface area contributed by atoms with E-state index in [4.69, 9.17) is 5.73 Å². The van der Waals surface area contributed by atoms with Gasteiger partial charge in [-0.05, 0) is 35.8 Å². The fraction of sp³-hybridized carbons (Fsp3) is 0.615. The Morgan fingerprint density at radius 2 is 1.44 bits per heavy atom. The van der Waals surface area contributed by atoms with Crippen molar-refractivity contribution in [1.82, 2.24) is 16.0 Å². The van der Waals surface area contributed by atoms with E-state index in [1.165, 1.54) is 0 Å². The van der Waals surface area contributed by atoms with Gasteiger partial charge in [0.15, 0.2) is 0 Å². The largest absolute Gasteiger partial charge is 0.480 e. The Kier molecular flexibility index (Phi) is 14.2. The smallest absolute Gasteiger partial charge is 0.326 e. The molecule has 6 unspecified atom stereocenters. The molecule has 6 atom stereocenters. The molecular weight excluding hydrogens is 480 g/mol. The quantitative estimate of drug-likeness (QED) is 0.223. The van der Waals surface area contributed by atoms with Gasteiger partial charge in [0.25, 0.3) is 0 Å². The molecule has 0 spiro atoms. The summed E-state index contributed by atoms with van der Waals surface area (Å²) in [4.78, 5) is 51.0. The average Bonchev–Trinajstić information content (AvgIpc) is 2.87. The summed E-state index contributed by atoms with van der Waals surface area (Å²) in [6.45, 7) is 7.30. The van der Waals surface area contributed by atoms with Crippen molar-refractivity contribution in [3.8, 4) is 0 Å². The Labute approximate surface area is 218 Å². The van der Waals surface area contributed by atoms with E-state index in [2.05, 4.69) is 16.0 Å². The number of carboxylic acids is 1. The second-order valence-corrected chi connectivity index (χ2v) is 10.2. The van der Waals surface area contributed by atoms with E-state index in [0.717, 1.165) is 5.56 Å². The molecule has 0 heterocycles. The zero-order valence-electron chi connectivity index (χ0n) is 22.0. The van der Waals surface area contributed by atoms with Crippen LogP contribution >= 0.6 is 11.8 Å². The van der Waals surface area contributed by atoms with Crippen LogP contribution in [0.3, 0.4) is 0 Å². The molecule has 0 aliphatic carbocycles. The molecule has 0 radical (unpaired) electrons. The molecule has 0 fully saturated rings. The lowest BCUT2D eigenvalue weighted by Gasteiger charge is -2.29. The van der Waals surface area contributed by atoms with E-state index in [-0.39, 0.29) is 18.3 Å². The number of amides is 3. The minimum absolute atomic E-state index is 0.215. The molecule has 0 aromatic heterocycles. The number of rotatable bonds is 16. The fourth-order valence-electron chi connectivity index (χ4n) is 3.60. The van der Waals surface area contributed by atoms with Gasteiger partial charge in [0.05, 0.1) is 6.04 Å². The number of benzene rings is 1. The third-order valence-corrected chi connectivity index (χ3v) is 7.10. The molecule has 9 nitrogen and oxygen atoms in total. The Hall–Kier alpha value is -2.59. The second kappa shape index (κ2) is 16.2. The van der Waals surface area contributed by atoms with Crippen LogP contribution < -0.4 is 21.7 Å². The Morgan fingerprint density at radius 3 is 1.97 bits per heavy atom. The van der Waals surface area contributed by atoms with Crippen LogP contribution in [0.2, 0.25) is 0 Å². The normalized spacial score (nSPS) is 16.1. The minimum atomic E-state index is -1.12. The first-order chi connectivity index (χ1) is 17.0. The lowest BCUT2D eigenvalue weighted by Crippen LogP contribution is -2.59. The Balaban J connectivity index is 3.12. The van der Waals surface area contributed by atoms with Gasteiger partial charge in [-0.3, -0.25) is 14.4 Å². The van der Waals surface area contributed by atoms with Crippen LogP contribution in [-0.2, 0) is 25.6 Å². The zero-order valence-corrected chi connectivity index (χ0v) is 22.8. The van der Waals surface area contributed by atoms with Crippen molar-refractivity contribution in [2.24, 2.45) is 17.6 Å². The maximum Gasteiger partial charge on any atom is 0.326 e. The molecule has 0 aliphatic heterocycles. The number of thioether (sulfide) groups is 1. The fourth-order valence-corrected chi connectivity index (χ4v) is 4.09. The number of nitrogens with one attached hydrogen (secondary N) is 3. The summed E-state index contributed by atoms with van der Waals surface area (Å²) in [5.74, 6) is -2.49. The molecule has 0 bridgehead atoms. The van der Waals surface area contributed by atoms with Gasteiger partial charge in [-0.1, -0.05) is 70.9 Å². The summed E-state index contributed by atoms with van der Waals surface area (Å²) in [6, 6.07) is 5.49. The topological polar surface area (TPSA) is 151 Å². The van der Waals surface area contributed by atoms with Crippen LogP contribution in [0.5, 0.6) is 0 Å². The first-order valence-electron chi connectivity index (χ1n) is 12.5. The highest BCUT2D eigenvalue weighted by Gasteiger charge is 2.34. The van der Waals surface area contributed by atoms with Crippen LogP contribution in [0.15, 0.2) is 30.3 Å². The molecule has 0 aliphatic rings. The van der Waals surface area contributed by atoms with Crippen molar-refractivity contribution in [3.05, 3.63) is 35.9 Å². The van der Waals surface area contributed by atoms with Crippen molar-refractivity contribution in [3.63, 3.8) is 0 Å². The number of carbonyl (C=O) groups is 4. The van der Waals surface area contributed by atoms with Gasteiger partial charge in [-0.25, -0.2) is 4.79 Å². The number of hydrogen-bond acceptors (Lipinski definition) is 6. The highest BCUT2D eigenvalue weighted by molar-refractivity contribution is 7.98. The molecule has 1 aromatic rings. The summed E-state index contributed by atoms with van der Waals surface area (Å²) in [6.07, 6.45) is 3.75. The number of carboxylic acid groups (broad SMARTS) is 1. The lowest BCUT2D eigenvalue weighted by molar-refractivity contribution is -0.144. The molecule has 6 N–H and O–H groups in total. The molecule has 3 amide bonds. The maximum absolute atomic E-state index is 13.4. The van der Waals surface area contributed by atoms with Gasteiger partial charge in [0.1, 0.15) is 18.1 Å². The van der Waals surface area contributed by atoms with Gasteiger partial charge in [0.2, 0.25) is 17.7 Å². The maximum atomic E-state index is 13.4. The van der Waals surface area contributed by atoms with Gasteiger partial charge in [-0.2, -0.15) is 11.8 Å². The van der Waals surface area contributed by atoms with Gasteiger partial charge >= 0.3 is 5.97 Å². The van der Waals surface area contributed by atoms with Crippen molar-refractivity contribution >= 4 is 35.5 Å². The highest BCUT2D eigenvalue weighted by atomic mass is 32.2. The SMILES string of the molecule is CCC(C)C(NC(=O)C(NC(=O)C(Cc1ccccc1)NC(=O)C(N)CCSC)C(C)CC)C(=O)O. The van der Waals surface area contributed by atoms with Crippen molar-refractivity contribution in [2.75, 3.05) is 12.0 Å². The summed E-state index contributed by atoms with van der Waals surface area (Å²) < 4.78 is 0. The monoisotopic (exact) mass is 522 g/mol. The van der Waals surface area contributed by atoms with Crippen molar-refractivity contribution in [1.29, 1.82) is 0 Å². The molecule has 0 saturated heterocycles. The standard InChI is InChI=1S/C26H42N4O5S/c1-6-16(3)21(25(33)30-22(26(34)35)17(4)7-2)29-24(32)20(15-18-11-9-8-10-12-18)28-23(31)19(27)13-14-36-5/h8-12,16-17,19-22H,6-7,13-15,27H2,1-5H3,(H,28,31)(H,29,32)(H,30,33)(H,34,35). The van der Waals surface area contributed by atoms with Crippen LogP contribution in [0.1, 0.15) is 52.5 Å². The first-order valence-corrected chi connectivity index (χ1v) is 13.9. The van der Waals surface area contributed by atoms with Crippen LogP contribution in [0.4, 0.5) is 0 Å². The average molecular weight is 523 g/mol. The third-order valence-electron chi connectivity index (χ3n) is 6.46. The number of nitrogens with two attached hydrogens (primary N) is 1. The number of hydrogen-bond donors (Lipinski definition) is 5. The number of aliphatic carboxylic acids is 1. The highest BCUT2D eigenvalue weighted by Crippen LogP contribution is 2.13. The Bertz CT molecular complexity index is 854. The summed E-state index contributed by atoms with van der Waals surface area (Å²) in [7, 11) is 0. The van der Waals surface area contributed by atoms with Crippen molar-refractivity contribution < 1.29 is 24.3 Å². The van der Waals surface area contributed by atoms with Crippen LogP contribution in [0.25, 0.3) is 0 Å². The van der Waals surface area contributed by atoms with Crippen molar-refractivity contribution in [2.45, 2.75) is 77.5 Å². The van der Waals surface area contributed by atoms with Gasteiger partial charge < -0.3 is 26.8 Å². The summed E-state index contributed by atoms with van der Waals surface area (Å²) in [5.41, 5.74) is 6.85. The predicted molar refractivity (Wildman–Crippen MR) is 143 cm³/mol. The second-order valence-electron chi connectivity index (χ2n) is 9.22. The molecule has 202 valence electrons. The minimum Gasteiger partial charge on any atom is -0.480 e. The first kappa shape index (κ1) is 31.4. The molecule has 36 heavy (non-hydrogen) atoms. The summed E-state index contributed by atoms with van der Waals surface area (Å²) in [5, 5.41) is 17.7. The van der Waals surface area contributed by atoms with E-state index in [9.17, 15) is 24.3 Å².